The fourth-order valence-electron chi connectivity index (χ4n) is 2.41. The van der Waals surface area contributed by atoms with Gasteiger partial charge in [0.15, 0.2) is 0 Å². The summed E-state index contributed by atoms with van der Waals surface area (Å²) in [5, 5.41) is 8.80. The molecule has 0 amide bonds. The van der Waals surface area contributed by atoms with Gasteiger partial charge in [-0.2, -0.15) is 5.26 Å². The van der Waals surface area contributed by atoms with E-state index in [0.29, 0.717) is 0 Å². The van der Waals surface area contributed by atoms with Crippen LogP contribution in [0.5, 0.6) is 0 Å². The van der Waals surface area contributed by atoms with Gasteiger partial charge in [-0.3, -0.25) is 0 Å². The molecule has 11 heavy (non-hydrogen) atoms. The lowest BCUT2D eigenvalue weighted by atomic mass is 9.85. The van der Waals surface area contributed by atoms with Crippen LogP contribution in [0.1, 0.15) is 38.5 Å². The van der Waals surface area contributed by atoms with Crippen LogP contribution in [0.15, 0.2) is 11.1 Å². The molecule has 1 nitrogen and oxygen atoms in total. The summed E-state index contributed by atoms with van der Waals surface area (Å²) in [6, 6.07) is 2.34. The quantitative estimate of drug-likeness (QED) is 0.517. The average Bonchev–Trinajstić information content (AvgIpc) is 2.47. The molecule has 0 aromatic carbocycles. The monoisotopic (exact) mass is 147 g/mol. The van der Waals surface area contributed by atoms with Crippen molar-refractivity contribution in [2.24, 2.45) is 5.92 Å². The summed E-state index contributed by atoms with van der Waals surface area (Å²) in [6.45, 7) is 0. The number of nitriles is 1. The molecule has 1 saturated carbocycles. The normalized spacial score (nSPS) is 29.9. The smallest absolute Gasteiger partial charge is 0.0946 e. The van der Waals surface area contributed by atoms with E-state index in [-0.39, 0.29) is 0 Å². The van der Waals surface area contributed by atoms with Gasteiger partial charge in [-0.05, 0) is 38.0 Å². The van der Waals surface area contributed by atoms with Crippen LogP contribution in [0.25, 0.3) is 0 Å². The van der Waals surface area contributed by atoms with Gasteiger partial charge in [0, 0.05) is 5.57 Å². The minimum atomic E-state index is 0.804. The van der Waals surface area contributed by atoms with Crippen molar-refractivity contribution in [1.82, 2.24) is 0 Å². The molecule has 0 radical (unpaired) electrons. The maximum atomic E-state index is 8.80. The number of hydrogen-bond donors (Lipinski definition) is 0. The van der Waals surface area contributed by atoms with E-state index in [1.165, 1.54) is 37.7 Å². The number of nitrogens with zero attached hydrogens (tertiary/aromatic N) is 1. The van der Waals surface area contributed by atoms with Gasteiger partial charge in [-0.25, -0.2) is 0 Å². The summed E-state index contributed by atoms with van der Waals surface area (Å²) in [7, 11) is 0. The average molecular weight is 147 g/mol. The van der Waals surface area contributed by atoms with Crippen molar-refractivity contribution in [3.8, 4) is 6.07 Å². The molecule has 2 aliphatic carbocycles. The summed E-state index contributed by atoms with van der Waals surface area (Å²) in [4.78, 5) is 0. The van der Waals surface area contributed by atoms with E-state index in [0.717, 1.165) is 17.9 Å². The van der Waals surface area contributed by atoms with E-state index in [1.807, 2.05) is 0 Å². The van der Waals surface area contributed by atoms with Crippen molar-refractivity contribution in [3.63, 3.8) is 0 Å². The van der Waals surface area contributed by atoms with Gasteiger partial charge in [-0.15, -0.1) is 0 Å². The molecule has 0 heterocycles. The first kappa shape index (κ1) is 6.91. The molecule has 0 aliphatic heterocycles. The van der Waals surface area contributed by atoms with Gasteiger partial charge in [0.05, 0.1) is 6.07 Å². The Balaban J connectivity index is 2.24. The summed E-state index contributed by atoms with van der Waals surface area (Å²) in [5.74, 6) is 0.804. The number of rotatable bonds is 0. The Kier molecular flexibility index (Phi) is 1.69. The molecule has 2 aliphatic rings. The van der Waals surface area contributed by atoms with Gasteiger partial charge in [-0.1, -0.05) is 12.0 Å². The molecule has 1 heteroatoms. The molecule has 1 fully saturated rings. The van der Waals surface area contributed by atoms with Crippen molar-refractivity contribution in [2.45, 2.75) is 38.5 Å². The van der Waals surface area contributed by atoms with Crippen LogP contribution in [0.3, 0.4) is 0 Å². The van der Waals surface area contributed by atoms with E-state index in [4.69, 9.17) is 5.26 Å². The lowest BCUT2D eigenvalue weighted by Crippen LogP contribution is -2.05. The Morgan fingerprint density at radius 3 is 2.91 bits per heavy atom. The summed E-state index contributed by atoms with van der Waals surface area (Å²) in [5.41, 5.74) is 2.63. The molecular weight excluding hydrogens is 134 g/mol. The van der Waals surface area contributed by atoms with Gasteiger partial charge < -0.3 is 0 Å². The van der Waals surface area contributed by atoms with Crippen LogP contribution in [0.2, 0.25) is 0 Å². The maximum absolute atomic E-state index is 8.80. The second kappa shape index (κ2) is 2.70. The lowest BCUT2D eigenvalue weighted by Gasteiger charge is -2.19. The standard InChI is InChI=1S/C10H13N/c11-7-9-6-5-8-3-1-2-4-10(8)9/h8H,1-6H2. The molecule has 2 rings (SSSR count). The fourth-order valence-corrected chi connectivity index (χ4v) is 2.41. The second-order valence-corrected chi connectivity index (χ2v) is 3.60. The minimum absolute atomic E-state index is 0.804. The van der Waals surface area contributed by atoms with Gasteiger partial charge in [0.25, 0.3) is 0 Å². The molecular formula is C10H13N. The van der Waals surface area contributed by atoms with E-state index in [9.17, 15) is 0 Å². The van der Waals surface area contributed by atoms with Gasteiger partial charge in [0.2, 0.25) is 0 Å². The summed E-state index contributed by atoms with van der Waals surface area (Å²) in [6.07, 6.45) is 7.59. The van der Waals surface area contributed by atoms with Crippen molar-refractivity contribution >= 4 is 0 Å². The zero-order chi connectivity index (χ0) is 7.68. The molecule has 1 atom stereocenters. The molecule has 0 spiro atoms. The van der Waals surface area contributed by atoms with E-state index in [2.05, 4.69) is 6.07 Å². The Hall–Kier alpha value is -0.770. The van der Waals surface area contributed by atoms with Gasteiger partial charge >= 0.3 is 0 Å². The fraction of sp³-hybridized carbons (Fsp3) is 0.700. The lowest BCUT2D eigenvalue weighted by molar-refractivity contribution is 0.456. The first-order chi connectivity index (χ1) is 5.42. The topological polar surface area (TPSA) is 23.8 Å². The second-order valence-electron chi connectivity index (χ2n) is 3.60. The van der Waals surface area contributed by atoms with E-state index in [1.54, 1.807) is 0 Å². The third-order valence-electron chi connectivity index (χ3n) is 3.01. The molecule has 0 N–H and O–H groups in total. The predicted molar refractivity (Wildman–Crippen MR) is 43.8 cm³/mol. The van der Waals surface area contributed by atoms with E-state index >= 15 is 0 Å². The number of allylic oxidation sites excluding steroid dienone is 2. The Morgan fingerprint density at radius 1 is 1.18 bits per heavy atom. The molecule has 0 saturated heterocycles. The highest BCUT2D eigenvalue weighted by Crippen LogP contribution is 2.41. The number of fused-ring (bicyclic) bond motifs is 1. The highest BCUT2D eigenvalue weighted by molar-refractivity contribution is 5.34. The molecule has 1 unspecified atom stereocenters. The summed E-state index contributed by atoms with van der Waals surface area (Å²) >= 11 is 0. The minimum Gasteiger partial charge on any atom is -0.193 e. The van der Waals surface area contributed by atoms with Crippen LogP contribution in [0.4, 0.5) is 0 Å². The van der Waals surface area contributed by atoms with Crippen molar-refractivity contribution < 1.29 is 0 Å². The predicted octanol–water partition coefficient (Wildman–Crippen LogP) is 2.79. The first-order valence-electron chi connectivity index (χ1n) is 4.54. The van der Waals surface area contributed by atoms with Crippen molar-refractivity contribution in [2.75, 3.05) is 0 Å². The van der Waals surface area contributed by atoms with Crippen molar-refractivity contribution in [3.05, 3.63) is 11.1 Å². The highest BCUT2D eigenvalue weighted by atomic mass is 14.3. The maximum Gasteiger partial charge on any atom is 0.0946 e. The van der Waals surface area contributed by atoms with Crippen LogP contribution < -0.4 is 0 Å². The Bertz CT molecular complexity index is 232. The van der Waals surface area contributed by atoms with E-state index < -0.39 is 0 Å². The molecule has 58 valence electrons. The van der Waals surface area contributed by atoms with Crippen LogP contribution in [-0.4, -0.2) is 0 Å². The first-order valence-corrected chi connectivity index (χ1v) is 4.54. The van der Waals surface area contributed by atoms with Crippen LogP contribution >= 0.6 is 0 Å². The zero-order valence-electron chi connectivity index (χ0n) is 6.77. The SMILES string of the molecule is N#CC1=C2CCCCC2CC1. The summed E-state index contributed by atoms with van der Waals surface area (Å²) < 4.78 is 0. The van der Waals surface area contributed by atoms with Gasteiger partial charge in [0.1, 0.15) is 0 Å². The van der Waals surface area contributed by atoms with Crippen molar-refractivity contribution in [1.29, 1.82) is 5.26 Å². The third-order valence-corrected chi connectivity index (χ3v) is 3.01. The molecule has 0 aromatic rings. The molecule has 0 aromatic heterocycles. The zero-order valence-corrected chi connectivity index (χ0v) is 6.77. The Labute approximate surface area is 67.7 Å². The number of hydrogen-bond acceptors (Lipinski definition) is 1. The third kappa shape index (κ3) is 1.07. The highest BCUT2D eigenvalue weighted by Gasteiger charge is 2.27. The van der Waals surface area contributed by atoms with Crippen LogP contribution in [-0.2, 0) is 0 Å². The Morgan fingerprint density at radius 2 is 2.09 bits per heavy atom. The molecule has 0 bridgehead atoms. The van der Waals surface area contributed by atoms with Crippen LogP contribution in [0, 0.1) is 17.2 Å². The largest absolute Gasteiger partial charge is 0.193 e.